The Kier molecular flexibility index (Phi) is 6.04. The van der Waals surface area contributed by atoms with E-state index in [9.17, 15) is 32.3 Å². The quantitative estimate of drug-likeness (QED) is 0.720. The number of carboxylic acid groups (broad SMARTS) is 1. The molecule has 0 aromatic heterocycles. The lowest BCUT2D eigenvalue weighted by Gasteiger charge is -2.12. The fraction of sp³-hybridized carbons (Fsp3) is 0.222. The van der Waals surface area contributed by atoms with Crippen LogP contribution < -0.4 is 10.1 Å². The number of halogens is 4. The van der Waals surface area contributed by atoms with Gasteiger partial charge in [0, 0.05) is 12.0 Å². The number of hydrogen-bond acceptors (Lipinski definition) is 3. The molecule has 0 saturated carbocycles. The molecule has 2 rings (SSSR count). The first-order valence-electron chi connectivity index (χ1n) is 7.77. The van der Waals surface area contributed by atoms with Crippen molar-refractivity contribution in [2.45, 2.75) is 26.1 Å². The molecule has 9 heteroatoms. The SMILES string of the molecule is CCC(=O)Nc1ccc(OCc2ccc(C(F)(F)F)cc2F)cc1C(=O)O. The Balaban J connectivity index is 2.17. The average molecular weight is 385 g/mol. The average Bonchev–Trinajstić information content (AvgIpc) is 2.60. The van der Waals surface area contributed by atoms with E-state index in [0.29, 0.717) is 6.07 Å². The number of benzene rings is 2. The molecule has 1 amide bonds. The molecule has 0 heterocycles. The number of alkyl halides is 3. The van der Waals surface area contributed by atoms with Crippen molar-refractivity contribution in [2.75, 3.05) is 5.32 Å². The summed E-state index contributed by atoms with van der Waals surface area (Å²) in [6.07, 6.45) is -4.50. The van der Waals surface area contributed by atoms with Crippen molar-refractivity contribution < 1.29 is 37.0 Å². The van der Waals surface area contributed by atoms with Crippen molar-refractivity contribution in [3.63, 3.8) is 0 Å². The zero-order chi connectivity index (χ0) is 20.2. The van der Waals surface area contributed by atoms with Crippen LogP contribution in [0.4, 0.5) is 23.2 Å². The van der Waals surface area contributed by atoms with Gasteiger partial charge in [-0.3, -0.25) is 4.79 Å². The minimum absolute atomic E-state index is 0.0567. The summed E-state index contributed by atoms with van der Waals surface area (Å²) in [6.45, 7) is 1.20. The number of carboxylic acids is 1. The summed E-state index contributed by atoms with van der Waals surface area (Å²) < 4.78 is 56.7. The maximum atomic E-state index is 13.8. The van der Waals surface area contributed by atoms with Gasteiger partial charge in [0.15, 0.2) is 0 Å². The van der Waals surface area contributed by atoms with Crippen molar-refractivity contribution in [1.29, 1.82) is 0 Å². The molecule has 0 radical (unpaired) electrons. The molecule has 144 valence electrons. The number of rotatable bonds is 6. The van der Waals surface area contributed by atoms with Crippen LogP contribution in [0.5, 0.6) is 5.75 Å². The maximum absolute atomic E-state index is 13.8. The number of aromatic carboxylic acids is 1. The monoisotopic (exact) mass is 385 g/mol. The van der Waals surface area contributed by atoms with Crippen LogP contribution in [-0.4, -0.2) is 17.0 Å². The molecule has 0 fully saturated rings. The summed E-state index contributed by atoms with van der Waals surface area (Å²) in [4.78, 5) is 22.8. The standard InChI is InChI=1S/C18H15F4NO4/c1-2-16(24)23-15-6-5-12(8-13(15)17(25)26)27-9-10-3-4-11(7-14(10)19)18(20,21)22/h3-8H,2,9H2,1H3,(H,23,24)(H,25,26). The minimum atomic E-state index is -4.66. The molecule has 2 aromatic rings. The Morgan fingerprint density at radius 1 is 1.15 bits per heavy atom. The molecule has 0 spiro atoms. The van der Waals surface area contributed by atoms with Crippen LogP contribution in [-0.2, 0) is 17.6 Å². The second-order valence-corrected chi connectivity index (χ2v) is 5.51. The number of carbonyl (C=O) groups is 2. The van der Waals surface area contributed by atoms with Gasteiger partial charge < -0.3 is 15.2 Å². The van der Waals surface area contributed by atoms with Crippen molar-refractivity contribution in [2.24, 2.45) is 0 Å². The first-order chi connectivity index (χ1) is 12.6. The van der Waals surface area contributed by atoms with E-state index in [2.05, 4.69) is 5.32 Å². The Hall–Kier alpha value is -3.10. The second-order valence-electron chi connectivity index (χ2n) is 5.51. The van der Waals surface area contributed by atoms with Crippen LogP contribution in [0, 0.1) is 5.82 Å². The molecule has 0 aliphatic rings. The number of ether oxygens (including phenoxy) is 1. The lowest BCUT2D eigenvalue weighted by atomic mass is 10.1. The second kappa shape index (κ2) is 8.07. The number of carbonyl (C=O) groups excluding carboxylic acids is 1. The molecule has 0 saturated heterocycles. The van der Waals surface area contributed by atoms with Gasteiger partial charge >= 0.3 is 12.1 Å². The van der Waals surface area contributed by atoms with Crippen LogP contribution in [0.15, 0.2) is 36.4 Å². The topological polar surface area (TPSA) is 75.6 Å². The summed E-state index contributed by atoms with van der Waals surface area (Å²) in [5.74, 6) is -2.72. The predicted octanol–water partition coefficient (Wildman–Crippen LogP) is 4.47. The number of anilines is 1. The molecule has 0 aliphatic carbocycles. The van der Waals surface area contributed by atoms with Gasteiger partial charge in [-0.15, -0.1) is 0 Å². The normalized spacial score (nSPS) is 11.1. The van der Waals surface area contributed by atoms with Crippen molar-refractivity contribution in [3.05, 3.63) is 58.9 Å². The number of nitrogens with one attached hydrogen (secondary N) is 1. The highest BCUT2D eigenvalue weighted by molar-refractivity contribution is 6.00. The smallest absolute Gasteiger partial charge is 0.416 e. The van der Waals surface area contributed by atoms with Gasteiger partial charge in [0.1, 0.15) is 18.2 Å². The molecular formula is C18H15F4NO4. The maximum Gasteiger partial charge on any atom is 0.416 e. The molecule has 2 N–H and O–H groups in total. The summed E-state index contributed by atoms with van der Waals surface area (Å²) in [5, 5.41) is 11.7. The third-order valence-corrected chi connectivity index (χ3v) is 3.59. The van der Waals surface area contributed by atoms with Crippen molar-refractivity contribution >= 4 is 17.6 Å². The third kappa shape index (κ3) is 5.19. The fourth-order valence-electron chi connectivity index (χ4n) is 2.14. The van der Waals surface area contributed by atoms with E-state index in [1.807, 2.05) is 0 Å². The largest absolute Gasteiger partial charge is 0.489 e. The minimum Gasteiger partial charge on any atom is -0.489 e. The number of amides is 1. The molecule has 2 aromatic carbocycles. The third-order valence-electron chi connectivity index (χ3n) is 3.59. The van der Waals surface area contributed by atoms with Crippen LogP contribution in [0.1, 0.15) is 34.8 Å². The molecule has 0 atom stereocenters. The van der Waals surface area contributed by atoms with Gasteiger partial charge in [0.05, 0.1) is 16.8 Å². The molecule has 27 heavy (non-hydrogen) atoms. The van der Waals surface area contributed by atoms with E-state index in [1.54, 1.807) is 6.92 Å². The van der Waals surface area contributed by atoms with E-state index >= 15 is 0 Å². The summed E-state index contributed by atoms with van der Waals surface area (Å²) in [7, 11) is 0. The Morgan fingerprint density at radius 2 is 1.85 bits per heavy atom. The summed E-state index contributed by atoms with van der Waals surface area (Å²) in [6, 6.07) is 5.86. The molecule has 0 unspecified atom stereocenters. The Morgan fingerprint density at radius 3 is 2.41 bits per heavy atom. The van der Waals surface area contributed by atoms with Gasteiger partial charge in [-0.1, -0.05) is 13.0 Å². The fourth-order valence-corrected chi connectivity index (χ4v) is 2.14. The van der Waals surface area contributed by atoms with Crippen LogP contribution in [0.25, 0.3) is 0 Å². The first-order valence-corrected chi connectivity index (χ1v) is 7.77. The number of hydrogen-bond donors (Lipinski definition) is 2. The highest BCUT2D eigenvalue weighted by atomic mass is 19.4. The molecule has 0 bridgehead atoms. The van der Waals surface area contributed by atoms with Gasteiger partial charge in [0.2, 0.25) is 5.91 Å². The van der Waals surface area contributed by atoms with E-state index in [-0.39, 0.29) is 34.9 Å². The van der Waals surface area contributed by atoms with Gasteiger partial charge in [-0.25, -0.2) is 9.18 Å². The van der Waals surface area contributed by atoms with Crippen LogP contribution in [0.2, 0.25) is 0 Å². The highest BCUT2D eigenvalue weighted by Gasteiger charge is 2.31. The van der Waals surface area contributed by atoms with Crippen LogP contribution in [0.3, 0.4) is 0 Å². The lowest BCUT2D eigenvalue weighted by molar-refractivity contribution is -0.137. The van der Waals surface area contributed by atoms with Gasteiger partial charge in [0.25, 0.3) is 0 Å². The van der Waals surface area contributed by atoms with Crippen molar-refractivity contribution in [3.8, 4) is 5.75 Å². The van der Waals surface area contributed by atoms with Crippen LogP contribution >= 0.6 is 0 Å². The van der Waals surface area contributed by atoms with E-state index < -0.39 is 30.1 Å². The Bertz CT molecular complexity index is 865. The first kappa shape index (κ1) is 20.2. The molecular weight excluding hydrogens is 370 g/mol. The van der Waals surface area contributed by atoms with E-state index in [4.69, 9.17) is 4.74 Å². The summed E-state index contributed by atoms with van der Waals surface area (Å²) >= 11 is 0. The molecule has 5 nitrogen and oxygen atoms in total. The van der Waals surface area contributed by atoms with Crippen molar-refractivity contribution in [1.82, 2.24) is 0 Å². The van der Waals surface area contributed by atoms with Gasteiger partial charge in [-0.05, 0) is 30.3 Å². The predicted molar refractivity (Wildman–Crippen MR) is 88.1 cm³/mol. The highest BCUT2D eigenvalue weighted by Crippen LogP contribution is 2.30. The van der Waals surface area contributed by atoms with E-state index in [0.717, 1.165) is 18.2 Å². The summed E-state index contributed by atoms with van der Waals surface area (Å²) in [5.41, 5.74) is -1.40. The Labute approximate surface area is 151 Å². The molecule has 0 aliphatic heterocycles. The van der Waals surface area contributed by atoms with E-state index in [1.165, 1.54) is 12.1 Å². The lowest BCUT2D eigenvalue weighted by Crippen LogP contribution is -2.13. The van der Waals surface area contributed by atoms with Gasteiger partial charge in [-0.2, -0.15) is 13.2 Å². The zero-order valence-electron chi connectivity index (χ0n) is 14.1. The zero-order valence-corrected chi connectivity index (χ0v) is 14.1.